The van der Waals surface area contributed by atoms with E-state index in [2.05, 4.69) is 5.32 Å². The van der Waals surface area contributed by atoms with Gasteiger partial charge >= 0.3 is 0 Å². The van der Waals surface area contributed by atoms with Crippen LogP contribution in [-0.4, -0.2) is 28.0 Å². The molecule has 0 radical (unpaired) electrons. The molecule has 5 nitrogen and oxygen atoms in total. The van der Waals surface area contributed by atoms with Crippen LogP contribution in [0.1, 0.15) is 55.9 Å². The molecule has 1 fully saturated rings. The van der Waals surface area contributed by atoms with E-state index >= 15 is 0 Å². The molecule has 7 heteroatoms. The van der Waals surface area contributed by atoms with Gasteiger partial charge in [-0.15, -0.1) is 11.3 Å². The Labute approximate surface area is 191 Å². The van der Waals surface area contributed by atoms with Crippen LogP contribution in [0.4, 0.5) is 5.69 Å². The molecule has 0 spiro atoms. The van der Waals surface area contributed by atoms with Gasteiger partial charge in [-0.25, -0.2) is 0 Å². The molecule has 0 saturated heterocycles. The molecule has 5 rings (SSSR count). The molecule has 0 bridgehead atoms. The van der Waals surface area contributed by atoms with Crippen LogP contribution < -0.4 is 10.2 Å². The second-order valence-electron chi connectivity index (χ2n) is 8.84. The first-order valence-corrected chi connectivity index (χ1v) is 12.2. The van der Waals surface area contributed by atoms with Crippen molar-refractivity contribution in [2.45, 2.75) is 63.6 Å². The summed E-state index contributed by atoms with van der Waals surface area (Å²) in [7, 11) is 0. The van der Waals surface area contributed by atoms with Crippen LogP contribution in [0.3, 0.4) is 0 Å². The summed E-state index contributed by atoms with van der Waals surface area (Å²) in [5.41, 5.74) is 1.27. The zero-order valence-corrected chi connectivity index (χ0v) is 19.1. The average molecular weight is 456 g/mol. The lowest BCUT2D eigenvalue weighted by Crippen LogP contribution is -2.65. The number of halogens is 1. The van der Waals surface area contributed by atoms with Gasteiger partial charge < -0.3 is 9.88 Å². The van der Waals surface area contributed by atoms with Gasteiger partial charge in [-0.2, -0.15) is 0 Å². The third kappa shape index (κ3) is 3.56. The summed E-state index contributed by atoms with van der Waals surface area (Å²) in [6.45, 7) is 2.29. The fourth-order valence-corrected chi connectivity index (χ4v) is 5.92. The summed E-state index contributed by atoms with van der Waals surface area (Å²) in [5, 5.41) is 5.92. The van der Waals surface area contributed by atoms with Gasteiger partial charge in [0.1, 0.15) is 11.2 Å². The van der Waals surface area contributed by atoms with Crippen molar-refractivity contribution in [3.63, 3.8) is 0 Å². The number of nitrogens with zero attached hydrogens (tertiary/aromatic N) is 2. The highest BCUT2D eigenvalue weighted by molar-refractivity contribution is 7.17. The predicted octanol–water partition coefficient (Wildman–Crippen LogP) is 5.61. The summed E-state index contributed by atoms with van der Waals surface area (Å²) in [6, 6.07) is 11.3. The third-order valence-electron chi connectivity index (χ3n) is 6.67. The normalized spacial score (nSPS) is 22.4. The number of hydrogen-bond acceptors (Lipinski definition) is 3. The molecule has 1 atom stereocenters. The van der Waals surface area contributed by atoms with E-state index in [1.54, 1.807) is 28.4 Å². The summed E-state index contributed by atoms with van der Waals surface area (Å²) in [5.74, 6) is -0.249. The van der Waals surface area contributed by atoms with Crippen LogP contribution >= 0.6 is 22.9 Å². The number of aromatic nitrogens is 1. The van der Waals surface area contributed by atoms with E-state index in [0.29, 0.717) is 22.9 Å². The van der Waals surface area contributed by atoms with Crippen molar-refractivity contribution in [2.75, 3.05) is 4.90 Å². The van der Waals surface area contributed by atoms with Gasteiger partial charge in [0.05, 0.1) is 16.8 Å². The van der Waals surface area contributed by atoms with Crippen LogP contribution in [0.5, 0.6) is 0 Å². The molecular weight excluding hydrogens is 430 g/mol. The monoisotopic (exact) mass is 455 g/mol. The Hall–Kier alpha value is -2.31. The molecule has 3 aromatic rings. The maximum Gasteiger partial charge on any atom is 0.275 e. The number of thiophene rings is 1. The van der Waals surface area contributed by atoms with Gasteiger partial charge in [0.15, 0.2) is 0 Å². The van der Waals surface area contributed by atoms with Crippen molar-refractivity contribution in [1.82, 2.24) is 9.88 Å². The van der Waals surface area contributed by atoms with E-state index in [1.165, 1.54) is 12.8 Å². The molecule has 162 valence electrons. The molecule has 1 saturated carbocycles. The zero-order valence-electron chi connectivity index (χ0n) is 17.6. The molecule has 1 aromatic carbocycles. The van der Waals surface area contributed by atoms with Gasteiger partial charge in [0.25, 0.3) is 5.91 Å². The Kier molecular flexibility index (Phi) is 5.30. The first kappa shape index (κ1) is 20.6. The van der Waals surface area contributed by atoms with Crippen molar-refractivity contribution >= 4 is 50.7 Å². The Morgan fingerprint density at radius 1 is 1.13 bits per heavy atom. The van der Waals surface area contributed by atoms with Crippen LogP contribution in [0.25, 0.3) is 10.2 Å². The van der Waals surface area contributed by atoms with Gasteiger partial charge in [-0.05, 0) is 61.5 Å². The molecule has 2 amide bonds. The number of carbonyl (C=O) groups is 2. The SMILES string of the molecule is CC1(C(=O)NC2CCCCCC2)Cn2c(cc3sccc32)C(=O)N1c1ccc(Cl)cc1. The van der Waals surface area contributed by atoms with Gasteiger partial charge in [0, 0.05) is 16.8 Å². The number of fused-ring (bicyclic) bond motifs is 3. The van der Waals surface area contributed by atoms with E-state index in [1.807, 2.05) is 41.1 Å². The minimum Gasteiger partial charge on any atom is -0.351 e. The van der Waals surface area contributed by atoms with Gasteiger partial charge in [-0.1, -0.05) is 37.3 Å². The molecule has 31 heavy (non-hydrogen) atoms. The molecule has 3 heterocycles. The Morgan fingerprint density at radius 2 is 1.84 bits per heavy atom. The molecule has 1 unspecified atom stereocenters. The molecule has 1 aliphatic carbocycles. The Morgan fingerprint density at radius 3 is 2.55 bits per heavy atom. The van der Waals surface area contributed by atoms with Crippen LogP contribution in [0.2, 0.25) is 5.02 Å². The number of amides is 2. The van der Waals surface area contributed by atoms with Crippen molar-refractivity contribution in [3.8, 4) is 0 Å². The van der Waals surface area contributed by atoms with Crippen LogP contribution in [0.15, 0.2) is 41.8 Å². The molecule has 2 aliphatic rings. The third-order valence-corrected chi connectivity index (χ3v) is 7.77. The van der Waals surface area contributed by atoms with Crippen LogP contribution in [-0.2, 0) is 11.3 Å². The minimum atomic E-state index is -1.04. The zero-order chi connectivity index (χ0) is 21.6. The number of nitrogens with one attached hydrogen (secondary N) is 1. The van der Waals surface area contributed by atoms with E-state index in [-0.39, 0.29) is 17.9 Å². The average Bonchev–Trinajstić information content (AvgIpc) is 3.24. The van der Waals surface area contributed by atoms with Crippen molar-refractivity contribution in [3.05, 3.63) is 52.5 Å². The lowest BCUT2D eigenvalue weighted by molar-refractivity contribution is -0.127. The smallest absolute Gasteiger partial charge is 0.275 e. The highest BCUT2D eigenvalue weighted by atomic mass is 35.5. The van der Waals surface area contributed by atoms with Crippen LogP contribution in [0, 0.1) is 0 Å². The number of rotatable bonds is 3. The summed E-state index contributed by atoms with van der Waals surface area (Å²) >= 11 is 7.71. The minimum absolute atomic E-state index is 0.0922. The highest BCUT2D eigenvalue weighted by Crippen LogP contribution is 2.37. The maximum atomic E-state index is 13.8. The first-order valence-electron chi connectivity index (χ1n) is 11.0. The van der Waals surface area contributed by atoms with E-state index in [0.717, 1.165) is 35.9 Å². The quantitative estimate of drug-likeness (QED) is 0.521. The van der Waals surface area contributed by atoms with Crippen molar-refractivity contribution in [2.24, 2.45) is 0 Å². The first-order chi connectivity index (χ1) is 15.0. The number of benzene rings is 1. The van der Waals surface area contributed by atoms with E-state index < -0.39 is 5.54 Å². The molecule has 1 aliphatic heterocycles. The summed E-state index contributed by atoms with van der Waals surface area (Å²) < 4.78 is 3.07. The lowest BCUT2D eigenvalue weighted by atomic mass is 9.93. The number of hydrogen-bond donors (Lipinski definition) is 1. The van der Waals surface area contributed by atoms with Gasteiger partial charge in [-0.3, -0.25) is 14.5 Å². The second kappa shape index (κ2) is 7.99. The molecule has 2 aromatic heterocycles. The maximum absolute atomic E-state index is 13.8. The van der Waals surface area contributed by atoms with Gasteiger partial charge in [0.2, 0.25) is 5.91 Å². The standard InChI is InChI=1S/C24H26ClN3O2S/c1-24(23(30)26-17-6-4-2-3-5-7-17)15-27-19-12-13-31-21(19)14-20(27)22(29)28(24)18-10-8-16(25)9-11-18/h8-14,17H,2-7,15H2,1H3,(H,26,30). The Balaban J connectivity index is 1.57. The molecular formula is C24H26ClN3O2S. The lowest BCUT2D eigenvalue weighted by Gasteiger charge is -2.44. The summed E-state index contributed by atoms with van der Waals surface area (Å²) in [4.78, 5) is 29.2. The number of carbonyl (C=O) groups excluding carboxylic acids is 2. The van der Waals surface area contributed by atoms with E-state index in [4.69, 9.17) is 11.6 Å². The fourth-order valence-electron chi connectivity index (χ4n) is 4.97. The van der Waals surface area contributed by atoms with Crippen molar-refractivity contribution < 1.29 is 9.59 Å². The fraction of sp³-hybridized carbons (Fsp3) is 0.417. The number of anilines is 1. The molecule has 1 N–H and O–H groups in total. The topological polar surface area (TPSA) is 54.3 Å². The van der Waals surface area contributed by atoms with Crippen molar-refractivity contribution in [1.29, 1.82) is 0 Å². The Bertz CT molecular complexity index is 1130. The summed E-state index contributed by atoms with van der Waals surface area (Å²) in [6.07, 6.45) is 6.72. The van der Waals surface area contributed by atoms with E-state index in [9.17, 15) is 9.59 Å². The second-order valence-corrected chi connectivity index (χ2v) is 10.2. The predicted molar refractivity (Wildman–Crippen MR) is 126 cm³/mol. The highest BCUT2D eigenvalue weighted by Gasteiger charge is 2.49. The largest absolute Gasteiger partial charge is 0.351 e.